The third-order valence-electron chi connectivity index (χ3n) is 5.50. The lowest BCUT2D eigenvalue weighted by Gasteiger charge is -2.25. The fraction of sp³-hybridized carbons (Fsp3) is 0.417. The average molecular weight is 518 g/mol. The van der Waals surface area contributed by atoms with Crippen LogP contribution in [0.15, 0.2) is 53.8 Å². The summed E-state index contributed by atoms with van der Waals surface area (Å²) in [5.74, 6) is -0.662. The molecule has 3 heterocycles. The first-order chi connectivity index (χ1) is 17.0. The van der Waals surface area contributed by atoms with Gasteiger partial charge < -0.3 is 10.1 Å². The second-order valence-corrected chi connectivity index (χ2v) is 7.99. The molecule has 5 nitrogen and oxygen atoms in total. The number of rotatable bonds is 8. The highest BCUT2D eigenvalue weighted by molar-refractivity contribution is 5.79. The van der Waals surface area contributed by atoms with Crippen LogP contribution in [0.5, 0.6) is 5.75 Å². The normalized spacial score (nSPS) is 17.7. The van der Waals surface area contributed by atoms with Crippen molar-refractivity contribution in [3.8, 4) is 5.75 Å². The summed E-state index contributed by atoms with van der Waals surface area (Å²) < 4.78 is 98.5. The Morgan fingerprint density at radius 2 is 2.00 bits per heavy atom. The van der Waals surface area contributed by atoms with Gasteiger partial charge in [0.25, 0.3) is 0 Å². The molecule has 0 aliphatic carbocycles. The van der Waals surface area contributed by atoms with Gasteiger partial charge >= 0.3 is 12.5 Å². The van der Waals surface area contributed by atoms with Gasteiger partial charge in [-0.1, -0.05) is 19.1 Å². The van der Waals surface area contributed by atoms with Crippen molar-refractivity contribution < 1.29 is 35.5 Å². The third-order valence-corrected chi connectivity index (χ3v) is 5.50. The van der Waals surface area contributed by atoms with E-state index in [2.05, 4.69) is 20.1 Å². The maximum atomic E-state index is 13.8. The largest absolute Gasteiger partial charge is 0.573 e. The van der Waals surface area contributed by atoms with Crippen LogP contribution in [0.3, 0.4) is 0 Å². The summed E-state index contributed by atoms with van der Waals surface area (Å²) in [6.45, 7) is 2.51. The van der Waals surface area contributed by atoms with E-state index in [4.69, 9.17) is 0 Å². The molecule has 1 aliphatic heterocycles. The fourth-order valence-corrected chi connectivity index (χ4v) is 3.90. The monoisotopic (exact) mass is 518 g/mol. The van der Waals surface area contributed by atoms with Crippen LogP contribution in [0.1, 0.15) is 50.5 Å². The minimum absolute atomic E-state index is 0.0170. The van der Waals surface area contributed by atoms with Crippen LogP contribution < -0.4 is 10.1 Å². The van der Waals surface area contributed by atoms with Crippen molar-refractivity contribution in [2.75, 3.05) is 12.0 Å². The summed E-state index contributed by atoms with van der Waals surface area (Å²) in [5, 5.41) is 7.34. The molecular weight excluding hydrogens is 493 g/mol. The van der Waals surface area contributed by atoms with Gasteiger partial charge in [-0.3, -0.25) is 4.68 Å². The van der Waals surface area contributed by atoms with Crippen LogP contribution in [0, 0.1) is 0 Å². The van der Waals surface area contributed by atoms with Gasteiger partial charge in [0.2, 0.25) is 0 Å². The number of hydrogen-bond donors (Lipinski definition) is 1. The zero-order chi connectivity index (χ0) is 26.5. The van der Waals surface area contributed by atoms with Crippen LogP contribution in [-0.2, 0) is 6.54 Å². The van der Waals surface area contributed by atoms with Crippen LogP contribution >= 0.6 is 0 Å². The van der Waals surface area contributed by atoms with Gasteiger partial charge in [-0.05, 0) is 56.0 Å². The van der Waals surface area contributed by atoms with Crippen LogP contribution in [-0.4, -0.2) is 34.0 Å². The van der Waals surface area contributed by atoms with Crippen molar-refractivity contribution in [2.45, 2.75) is 58.2 Å². The number of alkyl halides is 7. The Morgan fingerprint density at radius 1 is 1.25 bits per heavy atom. The molecule has 0 saturated heterocycles. The van der Waals surface area contributed by atoms with Crippen LogP contribution in [0.2, 0.25) is 0 Å². The maximum Gasteiger partial charge on any atom is 0.573 e. The number of anilines is 1. The van der Waals surface area contributed by atoms with E-state index in [0.29, 0.717) is 25.1 Å². The van der Waals surface area contributed by atoms with Gasteiger partial charge in [0.05, 0.1) is 23.0 Å². The molecule has 0 bridgehead atoms. The summed E-state index contributed by atoms with van der Waals surface area (Å²) in [7, 11) is 0. The molecule has 12 heteroatoms. The number of fused-ring (bicyclic) bond motifs is 1. The molecule has 1 N–H and O–H groups in total. The highest BCUT2D eigenvalue weighted by atomic mass is 19.4. The van der Waals surface area contributed by atoms with Crippen molar-refractivity contribution in [2.24, 2.45) is 0 Å². The van der Waals surface area contributed by atoms with Crippen molar-refractivity contribution in [1.82, 2.24) is 14.8 Å². The molecule has 0 radical (unpaired) electrons. The number of aromatic nitrogens is 3. The molecule has 36 heavy (non-hydrogen) atoms. The molecule has 1 aliphatic rings. The molecule has 2 aromatic heterocycles. The van der Waals surface area contributed by atoms with Crippen LogP contribution in [0.4, 0.5) is 36.6 Å². The van der Waals surface area contributed by atoms with Crippen molar-refractivity contribution >= 4 is 11.4 Å². The summed E-state index contributed by atoms with van der Waals surface area (Å²) in [6.07, 6.45) is -3.78. The third kappa shape index (κ3) is 6.67. The smallest absolute Gasteiger partial charge is 0.402 e. The fourth-order valence-electron chi connectivity index (χ4n) is 3.90. The number of hydrogen-bond acceptors (Lipinski definition) is 4. The molecule has 0 fully saturated rings. The van der Waals surface area contributed by atoms with E-state index in [9.17, 15) is 30.7 Å². The van der Waals surface area contributed by atoms with Crippen molar-refractivity contribution in [1.29, 1.82) is 0 Å². The lowest BCUT2D eigenvalue weighted by atomic mass is 9.98. The molecule has 0 saturated carbocycles. The molecule has 1 atom stereocenters. The van der Waals surface area contributed by atoms with Crippen molar-refractivity contribution in [3.63, 3.8) is 0 Å². The number of ether oxygens (including phenoxy) is 1. The lowest BCUT2D eigenvalue weighted by Crippen LogP contribution is -2.23. The average Bonchev–Trinajstić information content (AvgIpc) is 3.23. The Bertz CT molecular complexity index is 1150. The summed E-state index contributed by atoms with van der Waals surface area (Å²) >= 11 is 0. The number of halogens is 7. The molecule has 0 amide bonds. The first kappa shape index (κ1) is 27.3. The van der Waals surface area contributed by atoms with Crippen LogP contribution in [0.25, 0.3) is 5.57 Å². The minimum Gasteiger partial charge on any atom is -0.402 e. The zero-order valence-electron chi connectivity index (χ0n) is 19.5. The van der Waals surface area contributed by atoms with E-state index in [1.54, 1.807) is 11.6 Å². The first-order valence-electron chi connectivity index (χ1n) is 11.2. The van der Waals surface area contributed by atoms with Gasteiger partial charge in [-0.25, -0.2) is 9.37 Å². The van der Waals surface area contributed by atoms with Gasteiger partial charge in [-0.15, -0.1) is 13.2 Å². The standard InChI is InChI=1S/C24H25F7N4O/c1-3-7-16(23(26,27)28)12-17(15(4-2)14-25)19-13-20-18(8-6-11-35(20)34-19)33-22-21(9-5-10-32-22)36-24(29,30)31/h4-5,7,9-10,12-13,18H,3,6,8,11,14H2,1-2H3,(H,32,33)/b15-4-,16-7-,17-12+. The summed E-state index contributed by atoms with van der Waals surface area (Å²) in [6, 6.07) is 3.38. The van der Waals surface area contributed by atoms with E-state index < -0.39 is 36.6 Å². The Balaban J connectivity index is 2.03. The Kier molecular flexibility index (Phi) is 8.47. The zero-order valence-corrected chi connectivity index (χ0v) is 19.5. The number of pyridine rings is 1. The lowest BCUT2D eigenvalue weighted by molar-refractivity contribution is -0.274. The number of aryl methyl sites for hydroxylation is 1. The quantitative estimate of drug-likeness (QED) is 0.294. The Labute approximate surface area is 203 Å². The summed E-state index contributed by atoms with van der Waals surface area (Å²) in [5.41, 5.74) is -0.254. The molecule has 2 aromatic rings. The summed E-state index contributed by atoms with van der Waals surface area (Å²) in [4.78, 5) is 3.95. The van der Waals surface area contributed by atoms with E-state index in [1.807, 2.05) is 0 Å². The SMILES string of the molecule is C\C=C(CF)/C(=C\C(=C\CC)C(F)(F)F)c1cc2n(n1)CCCC2Nc1ncccc1OC(F)(F)F. The second-order valence-electron chi connectivity index (χ2n) is 7.99. The van der Waals surface area contributed by atoms with E-state index in [0.717, 1.165) is 18.2 Å². The Morgan fingerprint density at radius 3 is 2.61 bits per heavy atom. The van der Waals surface area contributed by atoms with E-state index >= 15 is 0 Å². The predicted octanol–water partition coefficient (Wildman–Crippen LogP) is 7.32. The first-order valence-corrected chi connectivity index (χ1v) is 11.2. The molecule has 3 rings (SSSR count). The molecular formula is C24H25F7N4O. The van der Waals surface area contributed by atoms with Gasteiger partial charge in [0.15, 0.2) is 11.6 Å². The number of allylic oxidation sites excluding steroid dienone is 6. The highest BCUT2D eigenvalue weighted by Gasteiger charge is 2.34. The number of nitrogens with one attached hydrogen (secondary N) is 1. The van der Waals surface area contributed by atoms with Gasteiger partial charge in [0, 0.05) is 18.3 Å². The van der Waals surface area contributed by atoms with E-state index in [1.165, 1.54) is 31.3 Å². The van der Waals surface area contributed by atoms with Gasteiger partial charge in [-0.2, -0.15) is 18.3 Å². The van der Waals surface area contributed by atoms with E-state index in [-0.39, 0.29) is 29.1 Å². The van der Waals surface area contributed by atoms with Crippen molar-refractivity contribution in [3.05, 3.63) is 65.2 Å². The molecule has 0 aromatic carbocycles. The predicted molar refractivity (Wildman–Crippen MR) is 121 cm³/mol. The molecule has 1 unspecified atom stereocenters. The highest BCUT2D eigenvalue weighted by Crippen LogP contribution is 2.37. The topological polar surface area (TPSA) is 52.0 Å². The molecule has 0 spiro atoms. The van der Waals surface area contributed by atoms with Gasteiger partial charge in [0.1, 0.15) is 6.67 Å². The maximum absolute atomic E-state index is 13.8. The Hall–Kier alpha value is -3.31. The second kappa shape index (κ2) is 11.2. The minimum atomic E-state index is -4.92. The number of nitrogens with zero attached hydrogens (tertiary/aromatic N) is 3. The molecule has 196 valence electrons.